The van der Waals surface area contributed by atoms with Gasteiger partial charge in [-0.25, -0.2) is 0 Å². The smallest absolute Gasteiger partial charge is 0.269 e. The molecule has 0 aliphatic carbocycles. The van der Waals surface area contributed by atoms with Gasteiger partial charge in [0, 0.05) is 41.1 Å². The molecule has 2 aromatic heterocycles. The summed E-state index contributed by atoms with van der Waals surface area (Å²) in [5.41, 5.74) is 8.33. The van der Waals surface area contributed by atoms with E-state index >= 15 is 0 Å². The minimum atomic E-state index is -1.46. The number of anilines is 1. The van der Waals surface area contributed by atoms with Crippen LogP contribution in [-0.4, -0.2) is 25.4 Å². The van der Waals surface area contributed by atoms with Crippen LogP contribution in [0.3, 0.4) is 0 Å². The van der Waals surface area contributed by atoms with Crippen LogP contribution in [0.25, 0.3) is 22.5 Å². The molecule has 0 saturated heterocycles. The number of aliphatic hydroxyl groups excluding tert-OH is 2. The van der Waals surface area contributed by atoms with Gasteiger partial charge in [0.25, 0.3) is 5.69 Å². The molecular weight excluding hydrogens is 392 g/mol. The number of non-ortho nitro benzene ring substituents is 1. The second kappa shape index (κ2) is 7.78. The minimum Gasteiger partial charge on any atom is -0.399 e. The summed E-state index contributed by atoms with van der Waals surface area (Å²) in [6.07, 6.45) is -2.91. The van der Waals surface area contributed by atoms with Crippen molar-refractivity contribution < 1.29 is 24.2 Å². The van der Waals surface area contributed by atoms with Crippen LogP contribution in [0.4, 0.5) is 11.4 Å². The normalized spacial score (nSPS) is 13.1. The highest BCUT2D eigenvalue weighted by atomic mass is 16.6. The molecule has 0 aliphatic rings. The first kappa shape index (κ1) is 19.3. The average molecular weight is 408 g/mol. The Morgan fingerprint density at radius 2 is 1.27 bits per heavy atom. The van der Waals surface area contributed by atoms with Gasteiger partial charge in [-0.15, -0.1) is 0 Å². The van der Waals surface area contributed by atoms with E-state index in [9.17, 15) is 20.3 Å². The molecule has 30 heavy (non-hydrogen) atoms. The van der Waals surface area contributed by atoms with Crippen molar-refractivity contribution in [2.75, 3.05) is 5.73 Å². The van der Waals surface area contributed by atoms with Gasteiger partial charge in [0.2, 0.25) is 0 Å². The summed E-state index contributed by atoms with van der Waals surface area (Å²) in [5.74, 6) is 0.0453. The summed E-state index contributed by atoms with van der Waals surface area (Å²) in [5, 5.41) is 39.4. The summed E-state index contributed by atoms with van der Waals surface area (Å²) in [6, 6.07) is 15.6. The molecule has 2 aromatic carbocycles. The van der Waals surface area contributed by atoms with Crippen LogP contribution in [0.1, 0.15) is 23.7 Å². The zero-order chi connectivity index (χ0) is 21.3. The third-order valence-corrected chi connectivity index (χ3v) is 4.52. The summed E-state index contributed by atoms with van der Waals surface area (Å²) in [6.45, 7) is 0. The number of nitro benzene ring substituents is 1. The molecule has 2 unspecified atom stereocenters. The molecule has 2 atom stereocenters. The predicted octanol–water partition coefficient (Wildman–Crippen LogP) is 3.25. The highest BCUT2D eigenvalue weighted by Gasteiger charge is 2.28. The number of nitrogens with two attached hydrogens (primary N) is 1. The molecule has 4 N–H and O–H groups in total. The fourth-order valence-electron chi connectivity index (χ4n) is 2.85. The molecule has 0 amide bonds. The quantitative estimate of drug-likeness (QED) is 0.247. The Balaban J connectivity index is 1.51. The molecule has 0 saturated carbocycles. The second-order valence-electron chi connectivity index (χ2n) is 6.54. The summed E-state index contributed by atoms with van der Waals surface area (Å²) < 4.78 is 10.3. The van der Waals surface area contributed by atoms with E-state index in [2.05, 4.69) is 10.3 Å². The van der Waals surface area contributed by atoms with Crippen molar-refractivity contribution in [2.45, 2.75) is 12.2 Å². The maximum absolute atomic E-state index is 10.8. The lowest BCUT2D eigenvalue weighted by molar-refractivity contribution is -0.384. The SMILES string of the molecule is Nc1ccc(-c2cc(C(O)C(O)c3cc(-c4ccc([N+](=O)[O-])cc4)no3)on2)cc1. The summed E-state index contributed by atoms with van der Waals surface area (Å²) >= 11 is 0. The fourth-order valence-corrected chi connectivity index (χ4v) is 2.85. The first-order chi connectivity index (χ1) is 14.4. The lowest BCUT2D eigenvalue weighted by atomic mass is 10.1. The molecule has 0 aliphatic heterocycles. The van der Waals surface area contributed by atoms with E-state index in [1.165, 1.54) is 36.4 Å². The Labute approximate surface area is 169 Å². The first-order valence-corrected chi connectivity index (χ1v) is 8.82. The van der Waals surface area contributed by atoms with Crippen LogP contribution in [0.15, 0.2) is 69.7 Å². The maximum atomic E-state index is 10.8. The van der Waals surface area contributed by atoms with Gasteiger partial charge in [0.15, 0.2) is 11.5 Å². The van der Waals surface area contributed by atoms with Crippen molar-refractivity contribution in [1.82, 2.24) is 10.3 Å². The van der Waals surface area contributed by atoms with E-state index in [1.54, 1.807) is 24.3 Å². The van der Waals surface area contributed by atoms with Crippen LogP contribution in [0, 0.1) is 10.1 Å². The Morgan fingerprint density at radius 1 is 0.833 bits per heavy atom. The van der Waals surface area contributed by atoms with Gasteiger partial charge in [-0.2, -0.15) is 0 Å². The van der Waals surface area contributed by atoms with Gasteiger partial charge >= 0.3 is 0 Å². The Morgan fingerprint density at radius 3 is 1.70 bits per heavy atom. The van der Waals surface area contributed by atoms with E-state index in [1.807, 2.05) is 0 Å². The molecule has 0 bridgehead atoms. The minimum absolute atomic E-state index is 0.00119. The van der Waals surface area contributed by atoms with Gasteiger partial charge in [0.1, 0.15) is 23.6 Å². The van der Waals surface area contributed by atoms with Gasteiger partial charge in [-0.1, -0.05) is 22.4 Å². The number of hydrogen-bond donors (Lipinski definition) is 3. The first-order valence-electron chi connectivity index (χ1n) is 8.82. The van der Waals surface area contributed by atoms with E-state index in [0.29, 0.717) is 22.6 Å². The van der Waals surface area contributed by atoms with Crippen molar-refractivity contribution in [3.8, 4) is 22.5 Å². The molecule has 0 fully saturated rings. The van der Waals surface area contributed by atoms with Crippen LogP contribution in [0.2, 0.25) is 0 Å². The molecule has 10 heteroatoms. The highest BCUT2D eigenvalue weighted by Crippen LogP contribution is 2.33. The number of rotatable bonds is 6. The number of nitrogen functional groups attached to an aromatic ring is 1. The number of aliphatic hydroxyl groups is 2. The van der Waals surface area contributed by atoms with Crippen LogP contribution < -0.4 is 5.73 Å². The lowest BCUT2D eigenvalue weighted by Gasteiger charge is -2.11. The fraction of sp³-hybridized carbons (Fsp3) is 0.100. The van der Waals surface area contributed by atoms with Crippen LogP contribution in [0.5, 0.6) is 0 Å². The van der Waals surface area contributed by atoms with Crippen molar-refractivity contribution in [3.63, 3.8) is 0 Å². The number of aromatic nitrogens is 2. The zero-order valence-electron chi connectivity index (χ0n) is 15.4. The molecule has 2 heterocycles. The van der Waals surface area contributed by atoms with Crippen LogP contribution in [-0.2, 0) is 0 Å². The molecule has 0 radical (unpaired) electrons. The van der Waals surface area contributed by atoms with Crippen molar-refractivity contribution in [1.29, 1.82) is 0 Å². The third-order valence-electron chi connectivity index (χ3n) is 4.52. The number of hydrogen-bond acceptors (Lipinski definition) is 9. The number of benzene rings is 2. The summed E-state index contributed by atoms with van der Waals surface area (Å²) in [4.78, 5) is 10.2. The predicted molar refractivity (Wildman–Crippen MR) is 105 cm³/mol. The maximum Gasteiger partial charge on any atom is 0.269 e. The topological polar surface area (TPSA) is 162 Å². The Bertz CT molecular complexity index is 1170. The highest BCUT2D eigenvalue weighted by molar-refractivity contribution is 5.62. The largest absolute Gasteiger partial charge is 0.399 e. The molecule has 152 valence electrons. The van der Waals surface area contributed by atoms with Gasteiger partial charge in [0.05, 0.1) is 4.92 Å². The van der Waals surface area contributed by atoms with E-state index in [0.717, 1.165) is 5.56 Å². The molecule has 4 aromatic rings. The zero-order valence-corrected chi connectivity index (χ0v) is 15.4. The lowest BCUT2D eigenvalue weighted by Crippen LogP contribution is -2.08. The molecule has 10 nitrogen and oxygen atoms in total. The van der Waals surface area contributed by atoms with Crippen molar-refractivity contribution >= 4 is 11.4 Å². The van der Waals surface area contributed by atoms with Gasteiger partial charge in [-0.05, 0) is 24.3 Å². The van der Waals surface area contributed by atoms with E-state index < -0.39 is 17.1 Å². The van der Waals surface area contributed by atoms with Gasteiger partial charge < -0.3 is 25.0 Å². The van der Waals surface area contributed by atoms with Crippen molar-refractivity contribution in [3.05, 3.63) is 82.3 Å². The van der Waals surface area contributed by atoms with Crippen LogP contribution >= 0.6 is 0 Å². The number of nitro groups is 1. The third kappa shape index (κ3) is 3.77. The van der Waals surface area contributed by atoms with E-state index in [4.69, 9.17) is 14.8 Å². The van der Waals surface area contributed by atoms with Crippen molar-refractivity contribution in [2.24, 2.45) is 0 Å². The second-order valence-corrected chi connectivity index (χ2v) is 6.54. The Hall–Kier alpha value is -4.02. The molecule has 0 spiro atoms. The molecule has 4 rings (SSSR count). The summed E-state index contributed by atoms with van der Waals surface area (Å²) in [7, 11) is 0. The average Bonchev–Trinajstić information content (AvgIpc) is 3.43. The monoisotopic (exact) mass is 408 g/mol. The van der Waals surface area contributed by atoms with Gasteiger partial charge in [-0.3, -0.25) is 10.1 Å². The van der Waals surface area contributed by atoms with E-state index in [-0.39, 0.29) is 17.2 Å². The standard InChI is InChI=1S/C20H16N4O6/c21-13-5-1-11(2-6-13)15-9-17(29-22-15)19(25)20(26)18-10-16(23-30-18)12-3-7-14(8-4-12)24(27)28/h1-10,19-20,25-26H,21H2. The number of nitrogens with zero attached hydrogens (tertiary/aromatic N) is 3. The Kier molecular flexibility index (Phi) is 5.00. The molecular formula is C20H16N4O6.